The van der Waals surface area contributed by atoms with E-state index in [0.717, 1.165) is 48.8 Å². The van der Waals surface area contributed by atoms with Crippen LogP contribution in [-0.4, -0.2) is 68.3 Å². The maximum atomic E-state index is 15.0. The molecule has 2 amide bonds. The van der Waals surface area contributed by atoms with Gasteiger partial charge in [0.25, 0.3) is 11.8 Å². The van der Waals surface area contributed by atoms with Crippen molar-refractivity contribution >= 4 is 17.5 Å². The van der Waals surface area contributed by atoms with Gasteiger partial charge in [-0.15, -0.1) is 0 Å². The number of methoxy groups -OCH3 is 1. The van der Waals surface area contributed by atoms with E-state index in [-0.39, 0.29) is 18.3 Å². The fourth-order valence-corrected chi connectivity index (χ4v) is 5.52. The Bertz CT molecular complexity index is 1250. The predicted octanol–water partition coefficient (Wildman–Crippen LogP) is 3.19. The highest BCUT2D eigenvalue weighted by Gasteiger charge is 2.27. The number of fused-ring (bicyclic) bond motifs is 1. The third-order valence-corrected chi connectivity index (χ3v) is 7.47. The van der Waals surface area contributed by atoms with E-state index in [1.54, 1.807) is 19.2 Å². The van der Waals surface area contributed by atoms with Crippen molar-refractivity contribution in [1.29, 1.82) is 0 Å². The van der Waals surface area contributed by atoms with Gasteiger partial charge in [-0.2, -0.15) is 0 Å². The number of aliphatic imine (C=N–C) groups is 1. The van der Waals surface area contributed by atoms with Gasteiger partial charge < -0.3 is 24.6 Å². The molecular weight excluding hydrogens is 491 g/mol. The molecular formula is C29H33FN2O6. The normalized spacial score (nSPS) is 21.9. The number of carbonyl (C=O) groups excluding carboxylic acids is 2. The molecule has 202 valence electrons. The molecule has 0 bridgehead atoms. The van der Waals surface area contributed by atoms with E-state index in [1.165, 1.54) is 12.1 Å². The van der Waals surface area contributed by atoms with E-state index < -0.39 is 23.7 Å². The molecule has 8 nitrogen and oxygen atoms in total. The molecule has 5 rings (SSSR count). The molecule has 2 aromatic carbocycles. The molecule has 0 spiro atoms. The summed E-state index contributed by atoms with van der Waals surface area (Å²) >= 11 is 0. The molecule has 2 aromatic rings. The van der Waals surface area contributed by atoms with Crippen LogP contribution >= 0.6 is 0 Å². The van der Waals surface area contributed by atoms with Crippen LogP contribution in [0.2, 0.25) is 0 Å². The van der Waals surface area contributed by atoms with Gasteiger partial charge >= 0.3 is 0 Å². The summed E-state index contributed by atoms with van der Waals surface area (Å²) in [4.78, 5) is 30.0. The molecule has 3 aliphatic rings. The van der Waals surface area contributed by atoms with Crippen LogP contribution in [0.3, 0.4) is 0 Å². The van der Waals surface area contributed by atoms with Crippen molar-refractivity contribution in [2.24, 2.45) is 4.99 Å². The quantitative estimate of drug-likeness (QED) is 0.576. The first-order chi connectivity index (χ1) is 18.4. The average molecular weight is 525 g/mol. The van der Waals surface area contributed by atoms with Crippen LogP contribution in [-0.2, 0) is 28.7 Å². The second-order valence-corrected chi connectivity index (χ2v) is 10.0. The standard InChI is InChI=1S/C29H33FN2O6/c1-36-27-21-6-2-5-20(21)18(14-23(27)29(35)32-25-9-11-37-16-26(25)33)12-17-7-8-22(24(30)13-17)28(34)31-15-19-4-3-10-38-19/h7-8,13-14,19,26,33H,2-6,9-12,15-16H2,1H3,(H,31,34)/b32-25-/t19-,26+/m1/s1. The number of hydrogen-bond donors (Lipinski definition) is 2. The van der Waals surface area contributed by atoms with Gasteiger partial charge in [0.2, 0.25) is 0 Å². The topological polar surface area (TPSA) is 106 Å². The highest BCUT2D eigenvalue weighted by molar-refractivity contribution is 6.07. The Morgan fingerprint density at radius 3 is 2.71 bits per heavy atom. The first-order valence-electron chi connectivity index (χ1n) is 13.2. The van der Waals surface area contributed by atoms with E-state index in [9.17, 15) is 19.1 Å². The van der Waals surface area contributed by atoms with Crippen molar-refractivity contribution in [3.05, 3.63) is 63.5 Å². The Labute approximate surface area is 221 Å². The van der Waals surface area contributed by atoms with Gasteiger partial charge in [0.05, 0.1) is 43.3 Å². The number of nitrogens with zero attached hydrogens (tertiary/aromatic N) is 1. The lowest BCUT2D eigenvalue weighted by molar-refractivity contribution is 0.0523. The van der Waals surface area contributed by atoms with Crippen LogP contribution in [0.5, 0.6) is 5.75 Å². The number of benzene rings is 2. The number of aliphatic hydroxyl groups is 1. The molecule has 2 N–H and O–H groups in total. The summed E-state index contributed by atoms with van der Waals surface area (Å²) in [6, 6.07) is 6.41. The van der Waals surface area contributed by atoms with Crippen LogP contribution < -0.4 is 10.1 Å². The van der Waals surface area contributed by atoms with Crippen molar-refractivity contribution in [2.75, 3.05) is 33.5 Å². The van der Waals surface area contributed by atoms with Crippen LogP contribution in [0.25, 0.3) is 0 Å². The fraction of sp³-hybridized carbons (Fsp3) is 0.483. The fourth-order valence-electron chi connectivity index (χ4n) is 5.52. The third kappa shape index (κ3) is 5.65. The average Bonchev–Trinajstić information content (AvgIpc) is 3.61. The van der Waals surface area contributed by atoms with Crippen molar-refractivity contribution in [2.45, 2.75) is 57.2 Å². The zero-order valence-electron chi connectivity index (χ0n) is 21.6. The molecule has 0 unspecified atom stereocenters. The molecule has 2 fully saturated rings. The Morgan fingerprint density at radius 1 is 1.13 bits per heavy atom. The van der Waals surface area contributed by atoms with Gasteiger partial charge in [0.1, 0.15) is 17.7 Å². The van der Waals surface area contributed by atoms with Crippen LogP contribution in [0.1, 0.15) is 68.7 Å². The van der Waals surface area contributed by atoms with E-state index in [4.69, 9.17) is 14.2 Å². The summed E-state index contributed by atoms with van der Waals surface area (Å²) in [6.07, 6.45) is 4.26. The minimum Gasteiger partial charge on any atom is -0.496 e. The molecule has 0 radical (unpaired) electrons. The molecule has 2 saturated heterocycles. The highest BCUT2D eigenvalue weighted by atomic mass is 19.1. The number of rotatable bonds is 7. The number of halogens is 1. The van der Waals surface area contributed by atoms with Crippen molar-refractivity contribution < 1.29 is 33.3 Å². The van der Waals surface area contributed by atoms with Crippen LogP contribution in [0, 0.1) is 5.82 Å². The molecule has 9 heteroatoms. The minimum absolute atomic E-state index is 0.00609. The van der Waals surface area contributed by atoms with E-state index in [0.29, 0.717) is 55.2 Å². The lowest BCUT2D eigenvalue weighted by Gasteiger charge is -2.20. The number of aliphatic hydroxyl groups excluding tert-OH is 1. The zero-order valence-corrected chi connectivity index (χ0v) is 21.6. The second-order valence-electron chi connectivity index (χ2n) is 10.0. The van der Waals surface area contributed by atoms with Gasteiger partial charge in [-0.25, -0.2) is 9.38 Å². The first kappa shape index (κ1) is 26.5. The molecule has 2 heterocycles. The number of nitrogens with one attached hydrogen (secondary N) is 1. The summed E-state index contributed by atoms with van der Waals surface area (Å²) < 4.78 is 31.4. The maximum Gasteiger partial charge on any atom is 0.280 e. The zero-order chi connectivity index (χ0) is 26.6. The van der Waals surface area contributed by atoms with Crippen molar-refractivity contribution in [1.82, 2.24) is 5.32 Å². The van der Waals surface area contributed by atoms with Gasteiger partial charge in [-0.3, -0.25) is 9.59 Å². The summed E-state index contributed by atoms with van der Waals surface area (Å²) in [5.41, 5.74) is 4.42. The number of carbonyl (C=O) groups is 2. The molecule has 1 aliphatic carbocycles. The van der Waals surface area contributed by atoms with E-state index >= 15 is 0 Å². The first-order valence-corrected chi connectivity index (χ1v) is 13.2. The monoisotopic (exact) mass is 524 g/mol. The number of hydrogen-bond acceptors (Lipinski definition) is 6. The smallest absolute Gasteiger partial charge is 0.280 e. The summed E-state index contributed by atoms with van der Waals surface area (Å²) in [5.74, 6) is -1.01. The molecule has 2 atom stereocenters. The van der Waals surface area contributed by atoms with Crippen molar-refractivity contribution in [3.8, 4) is 5.75 Å². The maximum absolute atomic E-state index is 15.0. The summed E-state index contributed by atoms with van der Waals surface area (Å²) in [5, 5.41) is 12.9. The highest BCUT2D eigenvalue weighted by Crippen LogP contribution is 2.38. The van der Waals surface area contributed by atoms with Gasteiger partial charge in [-0.1, -0.05) is 6.07 Å². The lowest BCUT2D eigenvalue weighted by Crippen LogP contribution is -2.33. The Balaban J connectivity index is 1.39. The number of ether oxygens (including phenoxy) is 3. The SMILES string of the molecule is COc1c(C(=O)/N=C2/CCOC[C@@H]2O)cc(Cc2ccc(C(=O)NC[C@H]3CCCO3)c(F)c2)c2c1CCC2. The largest absolute Gasteiger partial charge is 0.496 e. The lowest BCUT2D eigenvalue weighted by atomic mass is 9.92. The third-order valence-electron chi connectivity index (χ3n) is 7.47. The summed E-state index contributed by atoms with van der Waals surface area (Å²) in [7, 11) is 1.54. The second kappa shape index (κ2) is 11.7. The molecule has 0 aromatic heterocycles. The van der Waals surface area contributed by atoms with Gasteiger partial charge in [0, 0.05) is 19.6 Å². The Hall–Kier alpha value is -3.14. The molecule has 0 saturated carbocycles. The van der Waals surface area contributed by atoms with E-state index in [2.05, 4.69) is 10.3 Å². The Kier molecular flexibility index (Phi) is 8.16. The molecule has 38 heavy (non-hydrogen) atoms. The summed E-state index contributed by atoms with van der Waals surface area (Å²) in [6.45, 7) is 1.58. The number of amides is 2. The van der Waals surface area contributed by atoms with Crippen LogP contribution in [0.15, 0.2) is 29.3 Å². The van der Waals surface area contributed by atoms with Crippen LogP contribution in [0.4, 0.5) is 4.39 Å². The van der Waals surface area contributed by atoms with Crippen molar-refractivity contribution in [3.63, 3.8) is 0 Å². The Morgan fingerprint density at radius 2 is 1.97 bits per heavy atom. The predicted molar refractivity (Wildman–Crippen MR) is 139 cm³/mol. The minimum atomic E-state index is -0.906. The van der Waals surface area contributed by atoms with E-state index in [1.807, 2.05) is 0 Å². The molecule has 2 aliphatic heterocycles. The van der Waals surface area contributed by atoms with Gasteiger partial charge in [0.15, 0.2) is 0 Å². The van der Waals surface area contributed by atoms with Gasteiger partial charge in [-0.05, 0) is 79.0 Å².